The van der Waals surface area contributed by atoms with Gasteiger partial charge < -0.3 is 0 Å². The maximum Gasteiger partial charge on any atom is 0.0709 e. The van der Waals surface area contributed by atoms with E-state index in [9.17, 15) is 0 Å². The zero-order valence-electron chi connectivity index (χ0n) is 15.9. The fourth-order valence-electron chi connectivity index (χ4n) is 3.54. The van der Waals surface area contributed by atoms with E-state index in [4.69, 9.17) is 0 Å². The van der Waals surface area contributed by atoms with E-state index in [2.05, 4.69) is 35.3 Å². The molecule has 0 saturated heterocycles. The molecule has 3 aromatic rings. The molecule has 0 radical (unpaired) electrons. The van der Waals surface area contributed by atoms with E-state index in [1.54, 1.807) is 0 Å². The summed E-state index contributed by atoms with van der Waals surface area (Å²) in [7, 11) is 0. The first-order valence-corrected chi connectivity index (χ1v) is 10.3. The minimum absolute atomic E-state index is 1.06. The summed E-state index contributed by atoms with van der Waals surface area (Å²) >= 11 is 0. The van der Waals surface area contributed by atoms with Gasteiger partial charge in [-0.05, 0) is 43.9 Å². The van der Waals surface area contributed by atoms with E-state index in [0.29, 0.717) is 0 Å². The Hall–Kier alpha value is -2.15. The van der Waals surface area contributed by atoms with E-state index >= 15 is 0 Å². The molecule has 0 saturated carbocycles. The molecule has 1 nitrogen and oxygen atoms in total. The van der Waals surface area contributed by atoms with Crippen LogP contribution in [0.3, 0.4) is 0 Å². The molecule has 0 fully saturated rings. The quantitative estimate of drug-likeness (QED) is 0.298. The molecule has 0 unspecified atom stereocenters. The van der Waals surface area contributed by atoms with Crippen LogP contribution in [0.5, 0.6) is 0 Å². The van der Waals surface area contributed by atoms with Crippen molar-refractivity contribution in [3.63, 3.8) is 0 Å². The van der Waals surface area contributed by atoms with Gasteiger partial charge in [0.05, 0.1) is 11.0 Å². The second-order valence-corrected chi connectivity index (χ2v) is 7.25. The highest BCUT2D eigenvalue weighted by Crippen LogP contribution is 2.18. The van der Waals surface area contributed by atoms with Crippen LogP contribution < -0.4 is 0 Å². The van der Waals surface area contributed by atoms with Crippen LogP contribution >= 0.6 is 0 Å². The first kappa shape index (κ1) is 18.6. The molecular formula is C25H31N. The summed E-state index contributed by atoms with van der Waals surface area (Å²) in [4.78, 5) is 4.58. The number of rotatable bonds is 0. The van der Waals surface area contributed by atoms with Crippen LogP contribution in [0.4, 0.5) is 0 Å². The van der Waals surface area contributed by atoms with Crippen LogP contribution in [0, 0.1) is 0 Å². The predicted molar refractivity (Wildman–Crippen MR) is 115 cm³/mol. The van der Waals surface area contributed by atoms with E-state index in [1.807, 2.05) is 36.4 Å². The van der Waals surface area contributed by atoms with Crippen LogP contribution in [-0.4, -0.2) is 4.98 Å². The maximum atomic E-state index is 4.58. The Kier molecular flexibility index (Phi) is 7.71. The number of nitrogens with zero attached hydrogens (tertiary/aromatic N) is 1. The Morgan fingerprint density at radius 1 is 0.500 bits per heavy atom. The van der Waals surface area contributed by atoms with Gasteiger partial charge in [-0.2, -0.15) is 0 Å². The average molecular weight is 346 g/mol. The van der Waals surface area contributed by atoms with Gasteiger partial charge in [0.15, 0.2) is 0 Å². The third kappa shape index (κ3) is 5.98. The molecule has 0 atom stereocenters. The summed E-state index contributed by atoms with van der Waals surface area (Å²) in [6.07, 6.45) is 19.0. The van der Waals surface area contributed by atoms with E-state index in [-0.39, 0.29) is 0 Å². The number of pyridine rings is 1. The highest BCUT2D eigenvalue weighted by atomic mass is 14.7. The lowest BCUT2D eigenvalue weighted by molar-refractivity contribution is 0.566. The number of hydrogen-bond acceptors (Lipinski definition) is 1. The Balaban J connectivity index is 0.000000153. The Bertz CT molecular complexity index is 699. The molecule has 0 bridgehead atoms. The lowest BCUT2D eigenvalue weighted by Crippen LogP contribution is -1.82. The molecular weight excluding hydrogens is 314 g/mol. The third-order valence-electron chi connectivity index (χ3n) is 5.08. The van der Waals surface area contributed by atoms with Crippen molar-refractivity contribution >= 4 is 21.8 Å². The summed E-state index contributed by atoms with van der Waals surface area (Å²) < 4.78 is 0. The zero-order valence-corrected chi connectivity index (χ0v) is 15.9. The minimum atomic E-state index is 1.06. The van der Waals surface area contributed by atoms with Gasteiger partial charge in [0, 0.05) is 10.8 Å². The van der Waals surface area contributed by atoms with Gasteiger partial charge in [-0.25, -0.2) is 4.98 Å². The first-order valence-electron chi connectivity index (χ1n) is 10.3. The summed E-state index contributed by atoms with van der Waals surface area (Å²) in [5.74, 6) is 0. The molecule has 26 heavy (non-hydrogen) atoms. The van der Waals surface area contributed by atoms with Gasteiger partial charge in [-0.1, -0.05) is 87.1 Å². The smallest absolute Gasteiger partial charge is 0.0709 e. The van der Waals surface area contributed by atoms with Gasteiger partial charge >= 0.3 is 0 Å². The van der Waals surface area contributed by atoms with Gasteiger partial charge in [0.2, 0.25) is 0 Å². The fourth-order valence-corrected chi connectivity index (χ4v) is 3.54. The summed E-state index contributed by atoms with van der Waals surface area (Å²) in [5, 5.41) is 2.40. The number of benzene rings is 2. The monoisotopic (exact) mass is 345 g/mol. The molecule has 0 aliphatic heterocycles. The van der Waals surface area contributed by atoms with Crippen molar-refractivity contribution in [2.75, 3.05) is 0 Å². The lowest BCUT2D eigenvalue weighted by atomic mass is 10.0. The van der Waals surface area contributed by atoms with Crippen molar-refractivity contribution < 1.29 is 0 Å². The number of hydrogen-bond donors (Lipinski definition) is 0. The molecule has 0 amide bonds. The van der Waals surface area contributed by atoms with Gasteiger partial charge in [-0.3, -0.25) is 0 Å². The molecule has 1 aliphatic rings. The Morgan fingerprint density at radius 2 is 0.923 bits per heavy atom. The standard InChI is InChI=1S/C13H9N.C12H22/c1-3-7-12-10(5-1)9-11-6-2-4-8-13(11)14-12;1-2-4-6-8-10-12-11-9-7-5-3-1/h1-9H;1-2H,3-12H2. The summed E-state index contributed by atoms with van der Waals surface area (Å²) in [6, 6.07) is 18.6. The van der Waals surface area contributed by atoms with Gasteiger partial charge in [0.1, 0.15) is 0 Å². The van der Waals surface area contributed by atoms with Crippen molar-refractivity contribution in [1.29, 1.82) is 0 Å². The molecule has 1 heteroatoms. The molecule has 1 heterocycles. The van der Waals surface area contributed by atoms with Crippen molar-refractivity contribution in [3.05, 3.63) is 66.7 Å². The summed E-state index contributed by atoms with van der Waals surface area (Å²) in [5.41, 5.74) is 2.12. The lowest BCUT2D eigenvalue weighted by Gasteiger charge is -2.02. The molecule has 136 valence electrons. The van der Waals surface area contributed by atoms with Crippen molar-refractivity contribution in [1.82, 2.24) is 4.98 Å². The highest BCUT2D eigenvalue weighted by molar-refractivity contribution is 5.92. The maximum absolute atomic E-state index is 4.58. The topological polar surface area (TPSA) is 12.9 Å². The Morgan fingerprint density at radius 3 is 1.42 bits per heavy atom. The Labute approximate surface area is 158 Å². The number of allylic oxidation sites excluding steroid dienone is 2. The minimum Gasteiger partial charge on any atom is -0.248 e. The largest absolute Gasteiger partial charge is 0.248 e. The predicted octanol–water partition coefficient (Wildman–Crippen LogP) is 7.85. The third-order valence-corrected chi connectivity index (χ3v) is 5.08. The molecule has 2 aromatic carbocycles. The number of para-hydroxylation sites is 2. The average Bonchev–Trinajstić information content (AvgIpc) is 2.67. The van der Waals surface area contributed by atoms with Crippen LogP contribution in [0.2, 0.25) is 0 Å². The summed E-state index contributed by atoms with van der Waals surface area (Å²) in [6.45, 7) is 0. The normalized spacial score (nSPS) is 16.3. The SMILES string of the molecule is C1=CCCCCCCCCCC1.c1ccc2nc3ccccc3cc2c1. The zero-order chi connectivity index (χ0) is 17.9. The second kappa shape index (κ2) is 10.8. The van der Waals surface area contributed by atoms with Crippen LogP contribution in [0.25, 0.3) is 21.8 Å². The van der Waals surface area contributed by atoms with Crippen LogP contribution in [0.1, 0.15) is 64.2 Å². The van der Waals surface area contributed by atoms with Crippen molar-refractivity contribution in [3.8, 4) is 0 Å². The first-order chi connectivity index (χ1) is 12.9. The van der Waals surface area contributed by atoms with Crippen LogP contribution in [0.15, 0.2) is 66.7 Å². The van der Waals surface area contributed by atoms with E-state index in [1.165, 1.54) is 75.0 Å². The second-order valence-electron chi connectivity index (χ2n) is 7.25. The molecule has 0 N–H and O–H groups in total. The molecule has 1 aliphatic carbocycles. The van der Waals surface area contributed by atoms with Crippen molar-refractivity contribution in [2.45, 2.75) is 64.2 Å². The van der Waals surface area contributed by atoms with Gasteiger partial charge in [-0.15, -0.1) is 0 Å². The number of aromatic nitrogens is 1. The van der Waals surface area contributed by atoms with Gasteiger partial charge in [0.25, 0.3) is 0 Å². The molecule has 4 rings (SSSR count). The van der Waals surface area contributed by atoms with E-state index < -0.39 is 0 Å². The highest BCUT2D eigenvalue weighted by Gasteiger charge is 1.96. The van der Waals surface area contributed by atoms with Crippen molar-refractivity contribution in [2.24, 2.45) is 0 Å². The number of fused-ring (bicyclic) bond motifs is 2. The molecule has 0 spiro atoms. The van der Waals surface area contributed by atoms with Crippen LogP contribution in [-0.2, 0) is 0 Å². The van der Waals surface area contributed by atoms with E-state index in [0.717, 1.165) is 11.0 Å². The fraction of sp³-hybridized carbons (Fsp3) is 0.400. The molecule has 1 aromatic heterocycles.